The maximum absolute atomic E-state index is 12.5. The van der Waals surface area contributed by atoms with Crippen molar-refractivity contribution in [1.29, 1.82) is 0 Å². The molecule has 5 nitrogen and oxygen atoms in total. The lowest BCUT2D eigenvalue weighted by molar-refractivity contribution is -0.115. The molecule has 0 fully saturated rings. The van der Waals surface area contributed by atoms with Crippen molar-refractivity contribution in [3.8, 4) is 27.4 Å². The highest BCUT2D eigenvalue weighted by molar-refractivity contribution is 7.15. The third kappa shape index (κ3) is 4.98. The Morgan fingerprint density at radius 1 is 1.03 bits per heavy atom. The molecular formula is C25H23N3O2S. The fourth-order valence-corrected chi connectivity index (χ4v) is 4.31. The van der Waals surface area contributed by atoms with Crippen LogP contribution in [0.1, 0.15) is 17.5 Å². The molecule has 4 aromatic rings. The summed E-state index contributed by atoms with van der Waals surface area (Å²) in [6, 6.07) is 21.4. The topological polar surface area (TPSA) is 64.1 Å². The minimum absolute atomic E-state index is 0.0950. The first-order chi connectivity index (χ1) is 15.2. The maximum atomic E-state index is 12.5. The number of anilines is 1. The van der Waals surface area contributed by atoms with E-state index in [0.717, 1.165) is 44.4 Å². The second-order valence-electron chi connectivity index (χ2n) is 7.01. The van der Waals surface area contributed by atoms with Crippen LogP contribution in [0, 0.1) is 0 Å². The van der Waals surface area contributed by atoms with Gasteiger partial charge in [0.2, 0.25) is 5.91 Å². The van der Waals surface area contributed by atoms with E-state index in [2.05, 4.69) is 17.2 Å². The number of ether oxygens (including phenoxy) is 1. The number of carbonyl (C=O) groups excluding carboxylic acids is 1. The van der Waals surface area contributed by atoms with Gasteiger partial charge in [-0.2, -0.15) is 0 Å². The van der Waals surface area contributed by atoms with Gasteiger partial charge < -0.3 is 10.1 Å². The molecule has 31 heavy (non-hydrogen) atoms. The molecule has 1 amide bonds. The molecule has 2 aromatic heterocycles. The largest absolute Gasteiger partial charge is 0.497 e. The average molecular weight is 430 g/mol. The van der Waals surface area contributed by atoms with E-state index in [1.54, 1.807) is 24.6 Å². The number of methoxy groups -OCH3 is 1. The summed E-state index contributed by atoms with van der Waals surface area (Å²) in [4.78, 5) is 22.7. The fourth-order valence-electron chi connectivity index (χ4n) is 3.29. The summed E-state index contributed by atoms with van der Waals surface area (Å²) in [5, 5.41) is 3.97. The number of carbonyl (C=O) groups is 1. The molecule has 1 N–H and O–H groups in total. The summed E-state index contributed by atoms with van der Waals surface area (Å²) in [6.07, 6.45) is 2.88. The zero-order chi connectivity index (χ0) is 21.6. The zero-order valence-electron chi connectivity index (χ0n) is 17.5. The highest BCUT2D eigenvalue weighted by Crippen LogP contribution is 2.38. The lowest BCUT2D eigenvalue weighted by Crippen LogP contribution is -2.15. The van der Waals surface area contributed by atoms with Crippen molar-refractivity contribution in [3.63, 3.8) is 0 Å². The third-order valence-electron chi connectivity index (χ3n) is 4.81. The van der Waals surface area contributed by atoms with Crippen molar-refractivity contribution >= 4 is 23.1 Å². The molecule has 4 rings (SSSR count). The van der Waals surface area contributed by atoms with Gasteiger partial charge in [0.1, 0.15) is 11.6 Å². The van der Waals surface area contributed by atoms with E-state index >= 15 is 0 Å². The SMILES string of the molecule is CCc1nc(-c2cccc(OC)c2)c(-c2ccnc(NC(=O)Cc3ccccc3)c2)s1. The Morgan fingerprint density at radius 2 is 1.87 bits per heavy atom. The molecule has 0 atom stereocenters. The Hall–Kier alpha value is -3.51. The maximum Gasteiger partial charge on any atom is 0.229 e. The monoisotopic (exact) mass is 429 g/mol. The van der Waals surface area contributed by atoms with Crippen molar-refractivity contribution in [2.45, 2.75) is 19.8 Å². The number of hydrogen-bond donors (Lipinski definition) is 1. The number of rotatable bonds is 7. The predicted molar refractivity (Wildman–Crippen MR) is 125 cm³/mol. The summed E-state index contributed by atoms with van der Waals surface area (Å²) < 4.78 is 5.38. The number of nitrogens with zero attached hydrogens (tertiary/aromatic N) is 2. The lowest BCUT2D eigenvalue weighted by atomic mass is 10.1. The Bertz CT molecular complexity index is 1190. The minimum Gasteiger partial charge on any atom is -0.497 e. The lowest BCUT2D eigenvalue weighted by Gasteiger charge is -2.08. The van der Waals surface area contributed by atoms with Gasteiger partial charge in [0.25, 0.3) is 0 Å². The molecule has 0 radical (unpaired) electrons. The first-order valence-electron chi connectivity index (χ1n) is 10.1. The molecule has 0 saturated carbocycles. The first-order valence-corrected chi connectivity index (χ1v) is 10.9. The van der Waals surface area contributed by atoms with Gasteiger partial charge >= 0.3 is 0 Å². The van der Waals surface area contributed by atoms with Crippen molar-refractivity contribution in [1.82, 2.24) is 9.97 Å². The van der Waals surface area contributed by atoms with Gasteiger partial charge in [-0.25, -0.2) is 9.97 Å². The number of benzene rings is 2. The Kier molecular flexibility index (Phi) is 6.38. The van der Waals surface area contributed by atoms with Crippen molar-refractivity contribution in [3.05, 3.63) is 83.5 Å². The zero-order valence-corrected chi connectivity index (χ0v) is 18.3. The molecule has 2 aromatic carbocycles. The van der Waals surface area contributed by atoms with Crippen LogP contribution in [-0.2, 0) is 17.6 Å². The third-order valence-corrected chi connectivity index (χ3v) is 6.06. The van der Waals surface area contributed by atoms with Gasteiger partial charge in [0, 0.05) is 11.8 Å². The van der Waals surface area contributed by atoms with Crippen molar-refractivity contribution in [2.75, 3.05) is 12.4 Å². The highest BCUT2D eigenvalue weighted by Gasteiger charge is 2.16. The van der Waals surface area contributed by atoms with E-state index in [0.29, 0.717) is 12.2 Å². The molecular weight excluding hydrogens is 406 g/mol. The molecule has 0 aliphatic carbocycles. The smallest absolute Gasteiger partial charge is 0.229 e. The van der Waals surface area contributed by atoms with Gasteiger partial charge in [0.05, 0.1) is 29.1 Å². The van der Waals surface area contributed by atoms with Gasteiger partial charge in [-0.3, -0.25) is 4.79 Å². The minimum atomic E-state index is -0.0950. The number of aromatic nitrogens is 2. The quantitative estimate of drug-likeness (QED) is 0.414. The summed E-state index contributed by atoms with van der Waals surface area (Å²) in [5.41, 5.74) is 3.84. The summed E-state index contributed by atoms with van der Waals surface area (Å²) in [7, 11) is 1.66. The molecule has 2 heterocycles. The average Bonchev–Trinajstić information content (AvgIpc) is 3.25. The number of pyridine rings is 1. The Labute approximate surface area is 185 Å². The van der Waals surface area contributed by atoms with Crippen LogP contribution in [0.5, 0.6) is 5.75 Å². The molecule has 6 heteroatoms. The molecule has 0 bridgehead atoms. The van der Waals surface area contributed by atoms with Crippen LogP contribution in [0.3, 0.4) is 0 Å². The highest BCUT2D eigenvalue weighted by atomic mass is 32.1. The number of nitrogens with one attached hydrogen (secondary N) is 1. The van der Waals surface area contributed by atoms with E-state index in [-0.39, 0.29) is 5.91 Å². The number of thiazole rings is 1. The first kappa shape index (κ1) is 20.8. The van der Waals surface area contributed by atoms with Gasteiger partial charge in [-0.1, -0.05) is 49.4 Å². The Morgan fingerprint density at radius 3 is 2.65 bits per heavy atom. The summed E-state index contributed by atoms with van der Waals surface area (Å²) in [6.45, 7) is 2.10. The van der Waals surface area contributed by atoms with Crippen LogP contribution in [0.25, 0.3) is 21.7 Å². The molecule has 0 aliphatic heterocycles. The number of hydrogen-bond acceptors (Lipinski definition) is 5. The summed E-state index contributed by atoms with van der Waals surface area (Å²) >= 11 is 1.66. The second kappa shape index (κ2) is 9.53. The van der Waals surface area contributed by atoms with Crippen LogP contribution in [-0.4, -0.2) is 23.0 Å². The molecule has 156 valence electrons. The summed E-state index contributed by atoms with van der Waals surface area (Å²) in [5.74, 6) is 1.22. The van der Waals surface area contributed by atoms with Crippen LogP contribution in [0.15, 0.2) is 72.9 Å². The van der Waals surface area contributed by atoms with E-state index in [4.69, 9.17) is 9.72 Å². The molecule has 0 unspecified atom stereocenters. The van der Waals surface area contributed by atoms with Gasteiger partial charge in [-0.15, -0.1) is 11.3 Å². The van der Waals surface area contributed by atoms with Crippen molar-refractivity contribution < 1.29 is 9.53 Å². The normalized spacial score (nSPS) is 10.6. The van der Waals surface area contributed by atoms with E-state index < -0.39 is 0 Å². The fraction of sp³-hybridized carbons (Fsp3) is 0.160. The van der Waals surface area contributed by atoms with Crippen LogP contribution in [0.4, 0.5) is 5.82 Å². The number of aryl methyl sites for hydroxylation is 1. The van der Waals surface area contributed by atoms with Crippen LogP contribution in [0.2, 0.25) is 0 Å². The Balaban J connectivity index is 1.63. The second-order valence-corrected chi connectivity index (χ2v) is 8.09. The van der Waals surface area contributed by atoms with E-state index in [1.807, 2.05) is 66.7 Å². The molecule has 0 spiro atoms. The number of amides is 1. The van der Waals surface area contributed by atoms with E-state index in [9.17, 15) is 4.79 Å². The van der Waals surface area contributed by atoms with Gasteiger partial charge in [-0.05, 0) is 41.8 Å². The molecule has 0 saturated heterocycles. The van der Waals surface area contributed by atoms with Gasteiger partial charge in [0.15, 0.2) is 0 Å². The van der Waals surface area contributed by atoms with Crippen molar-refractivity contribution in [2.24, 2.45) is 0 Å². The molecule has 0 aliphatic rings. The van der Waals surface area contributed by atoms with Crippen LogP contribution < -0.4 is 10.1 Å². The predicted octanol–water partition coefficient (Wildman–Crippen LogP) is 5.62. The van der Waals surface area contributed by atoms with E-state index in [1.165, 1.54) is 0 Å². The van der Waals surface area contributed by atoms with Crippen LogP contribution >= 0.6 is 11.3 Å². The standard InChI is InChI=1S/C25H23N3O2S/c1-3-23-28-24(18-10-7-11-20(15-18)30-2)25(31-23)19-12-13-26-21(16-19)27-22(29)14-17-8-5-4-6-9-17/h4-13,15-16H,3,14H2,1-2H3,(H,26,27,29).